The lowest BCUT2D eigenvalue weighted by atomic mass is 10.1. The number of rotatable bonds is 3. The van der Waals surface area contributed by atoms with Crippen LogP contribution in [0, 0.1) is 0 Å². The zero-order valence-electron chi connectivity index (χ0n) is 9.90. The molecule has 1 aromatic rings. The summed E-state index contributed by atoms with van der Waals surface area (Å²) in [4.78, 5) is 2.35. The molecule has 94 valence electrons. The summed E-state index contributed by atoms with van der Waals surface area (Å²) in [6.07, 6.45) is 3.81. The van der Waals surface area contributed by atoms with Crippen LogP contribution < -0.4 is 10.6 Å². The van der Waals surface area contributed by atoms with E-state index < -0.39 is 6.04 Å². The predicted octanol–water partition coefficient (Wildman–Crippen LogP) is 2.32. The van der Waals surface area contributed by atoms with Crippen LogP contribution >= 0.6 is 11.6 Å². The number of anilines is 1. The van der Waals surface area contributed by atoms with Gasteiger partial charge in [-0.2, -0.15) is 0 Å². The minimum Gasteiger partial charge on any atom is -0.394 e. The molecule has 0 saturated carbocycles. The molecular formula is C13H19ClN2O. The van der Waals surface area contributed by atoms with E-state index in [4.69, 9.17) is 22.4 Å². The molecule has 1 atom stereocenters. The van der Waals surface area contributed by atoms with Crippen LogP contribution in [0.3, 0.4) is 0 Å². The summed E-state index contributed by atoms with van der Waals surface area (Å²) >= 11 is 6.20. The summed E-state index contributed by atoms with van der Waals surface area (Å²) in [5.41, 5.74) is 7.75. The molecule has 0 unspecified atom stereocenters. The van der Waals surface area contributed by atoms with Gasteiger partial charge in [0.1, 0.15) is 0 Å². The molecule has 17 heavy (non-hydrogen) atoms. The second-order valence-corrected chi connectivity index (χ2v) is 4.95. The van der Waals surface area contributed by atoms with E-state index >= 15 is 0 Å². The molecule has 1 aliphatic heterocycles. The molecule has 1 fully saturated rings. The third kappa shape index (κ3) is 2.92. The van der Waals surface area contributed by atoms with Crippen LogP contribution in [0.2, 0.25) is 5.02 Å². The molecule has 1 heterocycles. The van der Waals surface area contributed by atoms with Crippen molar-refractivity contribution in [1.82, 2.24) is 0 Å². The van der Waals surface area contributed by atoms with Gasteiger partial charge in [0.25, 0.3) is 0 Å². The van der Waals surface area contributed by atoms with E-state index in [9.17, 15) is 0 Å². The maximum absolute atomic E-state index is 9.04. The zero-order valence-corrected chi connectivity index (χ0v) is 10.7. The number of aliphatic hydroxyl groups is 1. The Bertz CT molecular complexity index is 378. The Labute approximate surface area is 107 Å². The molecular weight excluding hydrogens is 236 g/mol. The second-order valence-electron chi connectivity index (χ2n) is 4.54. The van der Waals surface area contributed by atoms with Crippen molar-refractivity contribution in [2.24, 2.45) is 5.73 Å². The van der Waals surface area contributed by atoms with Gasteiger partial charge in [-0.25, -0.2) is 0 Å². The topological polar surface area (TPSA) is 49.5 Å². The normalized spacial score (nSPS) is 18.2. The first-order valence-corrected chi connectivity index (χ1v) is 6.51. The molecule has 4 heteroatoms. The van der Waals surface area contributed by atoms with E-state index in [1.807, 2.05) is 18.2 Å². The van der Waals surface area contributed by atoms with Crippen LogP contribution in [-0.4, -0.2) is 24.8 Å². The molecule has 0 bridgehead atoms. The van der Waals surface area contributed by atoms with Crippen molar-refractivity contribution in [2.75, 3.05) is 24.6 Å². The summed E-state index contributed by atoms with van der Waals surface area (Å²) in [5.74, 6) is 0. The summed E-state index contributed by atoms with van der Waals surface area (Å²) in [5, 5.41) is 9.68. The quantitative estimate of drug-likeness (QED) is 0.871. The van der Waals surface area contributed by atoms with Crippen molar-refractivity contribution in [3.05, 3.63) is 28.8 Å². The van der Waals surface area contributed by atoms with Crippen LogP contribution in [0.5, 0.6) is 0 Å². The number of aliphatic hydroxyl groups excluding tert-OH is 1. The van der Waals surface area contributed by atoms with Gasteiger partial charge in [0.05, 0.1) is 12.6 Å². The lowest BCUT2D eigenvalue weighted by Crippen LogP contribution is -2.29. The Morgan fingerprint density at radius 3 is 2.59 bits per heavy atom. The smallest absolute Gasteiger partial charge is 0.0624 e. The minimum absolute atomic E-state index is 0.0806. The number of hydrogen-bond donors (Lipinski definition) is 2. The van der Waals surface area contributed by atoms with Crippen molar-refractivity contribution in [3.8, 4) is 0 Å². The highest BCUT2D eigenvalue weighted by atomic mass is 35.5. The molecule has 1 saturated heterocycles. The number of nitrogens with two attached hydrogens (primary N) is 1. The lowest BCUT2D eigenvalue weighted by Gasteiger charge is -2.29. The molecule has 0 radical (unpaired) electrons. The number of halogens is 1. The Balaban J connectivity index is 2.17. The lowest BCUT2D eigenvalue weighted by molar-refractivity contribution is 0.268. The highest BCUT2D eigenvalue weighted by molar-refractivity contribution is 6.31. The van der Waals surface area contributed by atoms with Crippen LogP contribution in [0.15, 0.2) is 18.2 Å². The van der Waals surface area contributed by atoms with E-state index in [-0.39, 0.29) is 6.61 Å². The highest BCUT2D eigenvalue weighted by Gasteiger charge is 2.14. The monoisotopic (exact) mass is 254 g/mol. The van der Waals surface area contributed by atoms with Crippen molar-refractivity contribution < 1.29 is 5.11 Å². The van der Waals surface area contributed by atoms with Crippen molar-refractivity contribution in [2.45, 2.75) is 25.3 Å². The van der Waals surface area contributed by atoms with Crippen LogP contribution in [0.1, 0.15) is 30.9 Å². The van der Waals surface area contributed by atoms with E-state index in [0.717, 1.165) is 24.3 Å². The summed E-state index contributed by atoms with van der Waals surface area (Å²) < 4.78 is 0. The van der Waals surface area contributed by atoms with Crippen molar-refractivity contribution >= 4 is 17.3 Å². The zero-order chi connectivity index (χ0) is 12.3. The third-order valence-corrected chi connectivity index (χ3v) is 3.63. The van der Waals surface area contributed by atoms with Gasteiger partial charge in [0.2, 0.25) is 0 Å². The van der Waals surface area contributed by atoms with Crippen molar-refractivity contribution in [1.29, 1.82) is 0 Å². The molecule has 0 amide bonds. The fourth-order valence-corrected chi connectivity index (χ4v) is 2.58. The highest BCUT2D eigenvalue weighted by Crippen LogP contribution is 2.28. The third-order valence-electron chi connectivity index (χ3n) is 3.30. The molecule has 3 N–H and O–H groups in total. The van der Waals surface area contributed by atoms with Crippen LogP contribution in [0.4, 0.5) is 5.69 Å². The Kier molecular flexibility index (Phi) is 4.26. The first-order valence-electron chi connectivity index (χ1n) is 6.13. The Hall–Kier alpha value is -0.770. The number of benzene rings is 1. The molecule has 0 spiro atoms. The number of hydrogen-bond acceptors (Lipinski definition) is 3. The molecule has 0 aliphatic carbocycles. The minimum atomic E-state index is -0.391. The van der Waals surface area contributed by atoms with Gasteiger partial charge in [-0.1, -0.05) is 17.7 Å². The average Bonchev–Trinajstić information content (AvgIpc) is 2.39. The average molecular weight is 255 g/mol. The van der Waals surface area contributed by atoms with Gasteiger partial charge in [-0.3, -0.25) is 0 Å². The van der Waals surface area contributed by atoms with Gasteiger partial charge in [-0.15, -0.1) is 0 Å². The molecule has 1 aromatic carbocycles. The molecule has 0 aromatic heterocycles. The van der Waals surface area contributed by atoms with Gasteiger partial charge >= 0.3 is 0 Å². The largest absolute Gasteiger partial charge is 0.394 e. The van der Waals surface area contributed by atoms with Gasteiger partial charge < -0.3 is 15.7 Å². The standard InChI is InChI=1S/C13H19ClN2O/c14-12-8-10(16-6-2-1-3-7-16)4-5-11(12)13(15)9-17/h4-5,8,13,17H,1-3,6-7,9,15H2/t13-/m0/s1. The molecule has 2 rings (SSSR count). The fraction of sp³-hybridized carbons (Fsp3) is 0.538. The fourth-order valence-electron chi connectivity index (χ4n) is 2.26. The SMILES string of the molecule is N[C@@H](CO)c1ccc(N2CCCCC2)cc1Cl. The van der Waals surface area contributed by atoms with Gasteiger partial charge in [0.15, 0.2) is 0 Å². The first-order chi connectivity index (χ1) is 8.22. The first kappa shape index (κ1) is 12.7. The summed E-state index contributed by atoms with van der Waals surface area (Å²) in [7, 11) is 0. The Morgan fingerprint density at radius 1 is 1.29 bits per heavy atom. The van der Waals surface area contributed by atoms with Crippen LogP contribution in [0.25, 0.3) is 0 Å². The summed E-state index contributed by atoms with van der Waals surface area (Å²) in [6, 6.07) is 5.53. The van der Waals surface area contributed by atoms with E-state index in [0.29, 0.717) is 5.02 Å². The van der Waals surface area contributed by atoms with E-state index in [1.165, 1.54) is 19.3 Å². The van der Waals surface area contributed by atoms with Gasteiger partial charge in [-0.05, 0) is 37.0 Å². The predicted molar refractivity (Wildman–Crippen MR) is 71.5 cm³/mol. The van der Waals surface area contributed by atoms with Crippen LogP contribution in [-0.2, 0) is 0 Å². The maximum Gasteiger partial charge on any atom is 0.0624 e. The van der Waals surface area contributed by atoms with E-state index in [2.05, 4.69) is 4.90 Å². The van der Waals surface area contributed by atoms with Crippen molar-refractivity contribution in [3.63, 3.8) is 0 Å². The van der Waals surface area contributed by atoms with Gasteiger partial charge in [0, 0.05) is 23.8 Å². The molecule has 1 aliphatic rings. The summed E-state index contributed by atoms with van der Waals surface area (Å²) in [6.45, 7) is 2.12. The van der Waals surface area contributed by atoms with E-state index in [1.54, 1.807) is 0 Å². The Morgan fingerprint density at radius 2 is 2.00 bits per heavy atom. The number of nitrogens with zero attached hydrogens (tertiary/aromatic N) is 1. The second kappa shape index (κ2) is 5.71. The maximum atomic E-state index is 9.04. The number of piperidine rings is 1. The molecule has 3 nitrogen and oxygen atoms in total.